The van der Waals surface area contributed by atoms with Gasteiger partial charge in [-0.15, -0.1) is 11.3 Å². The first-order valence-electron chi connectivity index (χ1n) is 16.0. The van der Waals surface area contributed by atoms with E-state index in [1.807, 2.05) is 65.9 Å². The lowest BCUT2D eigenvalue weighted by Gasteiger charge is -2.27. The van der Waals surface area contributed by atoms with Crippen LogP contribution in [0.5, 0.6) is 0 Å². The monoisotopic (exact) mass is 680 g/mol. The molecule has 6 aromatic carbocycles. The van der Waals surface area contributed by atoms with Crippen LogP contribution in [-0.4, -0.2) is 4.57 Å². The topological polar surface area (TPSA) is 21.3 Å². The molecule has 0 N–H and O–H groups in total. The largest absolute Gasteiger partial charge is 0.456 e. The van der Waals surface area contributed by atoms with Gasteiger partial charge in [0.25, 0.3) is 0 Å². The summed E-state index contributed by atoms with van der Waals surface area (Å²) in [5.41, 5.74) is 9.15. The van der Waals surface area contributed by atoms with Crippen molar-refractivity contribution in [2.75, 3.05) is 4.90 Å². The number of fused-ring (bicyclic) bond motifs is 8. The van der Waals surface area contributed by atoms with Crippen LogP contribution >= 0.6 is 34.5 Å². The van der Waals surface area contributed by atoms with Gasteiger partial charge >= 0.3 is 0 Å². The molecule has 234 valence electrons. The van der Waals surface area contributed by atoms with Crippen molar-refractivity contribution in [3.63, 3.8) is 0 Å². The minimum atomic E-state index is 0.0260. The van der Waals surface area contributed by atoms with Crippen molar-refractivity contribution in [1.82, 2.24) is 4.57 Å². The summed E-state index contributed by atoms with van der Waals surface area (Å²) in [5, 5.41) is 5.85. The molecule has 3 heterocycles. The fourth-order valence-electron chi connectivity index (χ4n) is 7.01. The highest BCUT2D eigenvalue weighted by molar-refractivity contribution is 7.26. The van der Waals surface area contributed by atoms with Crippen LogP contribution in [-0.2, 0) is 5.41 Å². The molecule has 48 heavy (non-hydrogen) atoms. The highest BCUT2D eigenvalue weighted by atomic mass is 35.5. The number of nitrogens with zero attached hydrogens (tertiary/aromatic N) is 2. The van der Waals surface area contributed by atoms with Gasteiger partial charge in [-0.2, -0.15) is 0 Å². The van der Waals surface area contributed by atoms with Gasteiger partial charge in [-0.1, -0.05) is 98.6 Å². The van der Waals surface area contributed by atoms with E-state index >= 15 is 0 Å². The maximum absolute atomic E-state index is 7.11. The molecule has 0 aliphatic carbocycles. The van der Waals surface area contributed by atoms with E-state index in [-0.39, 0.29) is 5.41 Å². The smallest absolute Gasteiger partial charge is 0.137 e. The molecule has 0 radical (unpaired) electrons. The molecule has 0 aliphatic rings. The fraction of sp³-hybridized carbons (Fsp3) is 0.0952. The van der Waals surface area contributed by atoms with Crippen LogP contribution in [0.25, 0.3) is 58.8 Å². The summed E-state index contributed by atoms with van der Waals surface area (Å²) >= 11 is 15.6. The van der Waals surface area contributed by atoms with Gasteiger partial charge in [-0.25, -0.2) is 0 Å². The number of rotatable bonds is 4. The SMILES string of the molecule is CC(C)(C)c1ccc2c(c1)c1sc3ccccc3c1n2-c1cc(Cl)cc(N(c2cccc(Cl)c2)c2cccc3oc4ccccc4c23)c1. The lowest BCUT2D eigenvalue weighted by atomic mass is 9.86. The molecule has 6 heteroatoms. The molecule has 0 saturated carbocycles. The zero-order chi connectivity index (χ0) is 32.7. The summed E-state index contributed by atoms with van der Waals surface area (Å²) in [4.78, 5) is 2.23. The molecule has 0 atom stereocenters. The van der Waals surface area contributed by atoms with Crippen LogP contribution in [0, 0.1) is 0 Å². The van der Waals surface area contributed by atoms with Crippen LogP contribution in [0.2, 0.25) is 10.0 Å². The van der Waals surface area contributed by atoms with Crippen molar-refractivity contribution < 1.29 is 4.42 Å². The van der Waals surface area contributed by atoms with Crippen molar-refractivity contribution in [1.29, 1.82) is 0 Å². The van der Waals surface area contributed by atoms with Crippen LogP contribution in [0.4, 0.5) is 17.1 Å². The Labute approximate surface area is 292 Å². The summed E-state index contributed by atoms with van der Waals surface area (Å²) in [7, 11) is 0. The Morgan fingerprint density at radius 1 is 0.646 bits per heavy atom. The van der Waals surface area contributed by atoms with Crippen LogP contribution < -0.4 is 4.90 Å². The van der Waals surface area contributed by atoms with E-state index in [1.165, 1.54) is 31.3 Å². The van der Waals surface area contributed by atoms with E-state index in [4.69, 9.17) is 27.6 Å². The van der Waals surface area contributed by atoms with Gasteiger partial charge in [-0.05, 0) is 83.8 Å². The summed E-state index contributed by atoms with van der Waals surface area (Å²) in [6.45, 7) is 6.81. The third kappa shape index (κ3) is 4.62. The number of thiophene rings is 1. The average Bonchev–Trinajstić information content (AvgIpc) is 3.73. The van der Waals surface area contributed by atoms with E-state index in [1.54, 1.807) is 0 Å². The first-order valence-corrected chi connectivity index (χ1v) is 17.5. The zero-order valence-electron chi connectivity index (χ0n) is 26.6. The number of aromatic nitrogens is 1. The third-order valence-electron chi connectivity index (χ3n) is 9.21. The van der Waals surface area contributed by atoms with Gasteiger partial charge in [-0.3, -0.25) is 0 Å². The van der Waals surface area contributed by atoms with E-state index in [2.05, 4.69) is 103 Å². The first kappa shape index (κ1) is 29.4. The second-order valence-electron chi connectivity index (χ2n) is 13.3. The van der Waals surface area contributed by atoms with Crippen molar-refractivity contribution in [2.45, 2.75) is 26.2 Å². The Morgan fingerprint density at radius 3 is 2.23 bits per heavy atom. The third-order valence-corrected chi connectivity index (χ3v) is 10.9. The minimum Gasteiger partial charge on any atom is -0.456 e. The van der Waals surface area contributed by atoms with Crippen molar-refractivity contribution in [3.05, 3.63) is 143 Å². The number of hydrogen-bond donors (Lipinski definition) is 0. The molecule has 9 aromatic rings. The van der Waals surface area contributed by atoms with Crippen molar-refractivity contribution in [2.24, 2.45) is 0 Å². The standard InChI is InChI=1S/C42H30Cl2N2OS/c1-42(2,3)25-18-19-34-33(20-25)41-40(32-13-5-7-17-38(32)48-41)46(34)30-23-27(44)22-29(24-30)45(28-11-8-10-26(43)21-28)35-14-9-16-37-39(35)31-12-4-6-15-36(31)47-37/h4-24H,1-3H3. The summed E-state index contributed by atoms with van der Waals surface area (Å²) in [6, 6.07) is 44.2. The maximum Gasteiger partial charge on any atom is 0.137 e. The molecule has 0 bridgehead atoms. The van der Waals surface area contributed by atoms with E-state index < -0.39 is 0 Å². The fourth-order valence-corrected chi connectivity index (χ4v) is 8.63. The maximum atomic E-state index is 7.11. The molecule has 0 spiro atoms. The van der Waals surface area contributed by atoms with E-state index in [0.717, 1.165) is 50.2 Å². The van der Waals surface area contributed by atoms with Gasteiger partial charge in [0.05, 0.1) is 26.8 Å². The highest BCUT2D eigenvalue weighted by Crippen LogP contribution is 2.47. The molecular formula is C42H30Cl2N2OS. The molecule has 9 rings (SSSR count). The number of hydrogen-bond acceptors (Lipinski definition) is 3. The lowest BCUT2D eigenvalue weighted by molar-refractivity contribution is 0.591. The van der Waals surface area contributed by atoms with Crippen LogP contribution in [0.15, 0.2) is 132 Å². The number of anilines is 3. The molecule has 3 aromatic heterocycles. The second kappa shape index (κ2) is 10.9. The summed E-state index contributed by atoms with van der Waals surface area (Å²) in [6.07, 6.45) is 0. The normalized spacial score (nSPS) is 12.3. The van der Waals surface area contributed by atoms with Gasteiger partial charge < -0.3 is 13.9 Å². The average molecular weight is 682 g/mol. The Morgan fingerprint density at radius 2 is 1.40 bits per heavy atom. The van der Waals surface area contributed by atoms with Crippen molar-refractivity contribution >= 4 is 105 Å². The Balaban J connectivity index is 1.35. The minimum absolute atomic E-state index is 0.0260. The van der Waals surface area contributed by atoms with Crippen LogP contribution in [0.3, 0.4) is 0 Å². The van der Waals surface area contributed by atoms with Gasteiger partial charge in [0.15, 0.2) is 0 Å². The highest BCUT2D eigenvalue weighted by Gasteiger charge is 2.24. The van der Waals surface area contributed by atoms with Gasteiger partial charge in [0.1, 0.15) is 11.2 Å². The molecule has 3 nitrogen and oxygen atoms in total. The van der Waals surface area contributed by atoms with E-state index in [9.17, 15) is 0 Å². The molecule has 0 saturated heterocycles. The molecule has 0 fully saturated rings. The second-order valence-corrected chi connectivity index (χ2v) is 15.2. The Bertz CT molecular complexity index is 2710. The van der Waals surface area contributed by atoms with Crippen molar-refractivity contribution in [3.8, 4) is 5.69 Å². The predicted octanol–water partition coefficient (Wildman–Crippen LogP) is 14.0. The number of furan rings is 1. The van der Waals surface area contributed by atoms with E-state index in [0.29, 0.717) is 10.0 Å². The van der Waals surface area contributed by atoms with Gasteiger partial charge in [0, 0.05) is 48.0 Å². The molecular weight excluding hydrogens is 651 g/mol. The lowest BCUT2D eigenvalue weighted by Crippen LogP contribution is -2.11. The molecule has 0 unspecified atom stereocenters. The zero-order valence-corrected chi connectivity index (χ0v) is 28.9. The first-order chi connectivity index (χ1) is 23.2. The summed E-state index contributed by atoms with van der Waals surface area (Å²) in [5.74, 6) is 0. The number of para-hydroxylation sites is 1. The quantitative estimate of drug-likeness (QED) is 0.184. The Hall–Kier alpha value is -4.74. The molecule has 0 aliphatic heterocycles. The molecule has 0 amide bonds. The van der Waals surface area contributed by atoms with Crippen LogP contribution in [0.1, 0.15) is 26.3 Å². The number of benzene rings is 6. The Kier molecular flexibility index (Phi) is 6.67. The predicted molar refractivity (Wildman–Crippen MR) is 207 cm³/mol. The summed E-state index contributed by atoms with van der Waals surface area (Å²) < 4.78 is 11.3. The number of halogens is 2. The van der Waals surface area contributed by atoms with Gasteiger partial charge in [0.2, 0.25) is 0 Å².